The number of benzene rings is 1. The normalized spacial score (nSPS) is 16.6. The van der Waals surface area contributed by atoms with Gasteiger partial charge in [-0.1, -0.05) is 44.2 Å². The van der Waals surface area contributed by atoms with Crippen LogP contribution < -0.4 is 16.0 Å². The van der Waals surface area contributed by atoms with Crippen LogP contribution in [-0.2, 0) is 16.0 Å². The highest BCUT2D eigenvalue weighted by Gasteiger charge is 2.33. The first-order valence-corrected chi connectivity index (χ1v) is 10.1. The average molecular weight is 405 g/mol. The fraction of sp³-hybridized carbons (Fsp3) is 0.571. The first-order valence-electron chi connectivity index (χ1n) is 10.1. The number of aliphatic hydroxyl groups is 1. The van der Waals surface area contributed by atoms with Crippen LogP contribution in [0.3, 0.4) is 0 Å². The van der Waals surface area contributed by atoms with Gasteiger partial charge in [0.2, 0.25) is 5.91 Å². The largest absolute Gasteiger partial charge is 0.465 e. The zero-order valence-corrected chi connectivity index (χ0v) is 16.9. The highest BCUT2D eigenvalue weighted by atomic mass is 16.4. The molecule has 0 spiro atoms. The highest BCUT2D eigenvalue weighted by Crippen LogP contribution is 2.19. The van der Waals surface area contributed by atoms with Crippen molar-refractivity contribution < 1.29 is 24.6 Å². The summed E-state index contributed by atoms with van der Waals surface area (Å²) in [6.45, 7) is 3.77. The molecule has 0 aromatic heterocycles. The molecule has 1 aromatic rings. The van der Waals surface area contributed by atoms with Crippen LogP contribution in [0.1, 0.15) is 45.1 Å². The Bertz CT molecular complexity index is 691. The number of rotatable bonds is 11. The Morgan fingerprint density at radius 2 is 1.72 bits per heavy atom. The van der Waals surface area contributed by atoms with E-state index in [0.29, 0.717) is 19.3 Å². The van der Waals surface area contributed by atoms with E-state index in [2.05, 4.69) is 16.0 Å². The second kappa shape index (κ2) is 10.8. The first kappa shape index (κ1) is 22.7. The molecule has 8 heteroatoms. The standard InChI is InChI=1S/C21H31N3O5/c1-13(2)12-17(24-21(28)29)19(26)23-16(11-8-14-6-4-3-5-7-14)18(25)20(27)22-15-9-10-15/h3-7,13,15-18,24-25H,8-12H2,1-2H3,(H,22,27)(H,23,26)(H,28,29)/t16-,17-,18?/m0/s1. The quantitative estimate of drug-likeness (QED) is 0.380. The van der Waals surface area contributed by atoms with Gasteiger partial charge in [0.25, 0.3) is 5.91 Å². The van der Waals surface area contributed by atoms with E-state index in [1.807, 2.05) is 44.2 Å². The van der Waals surface area contributed by atoms with Crippen LogP contribution in [0.2, 0.25) is 0 Å². The van der Waals surface area contributed by atoms with E-state index in [0.717, 1.165) is 18.4 Å². The average Bonchev–Trinajstić information content (AvgIpc) is 3.47. The van der Waals surface area contributed by atoms with E-state index in [-0.39, 0.29) is 12.0 Å². The van der Waals surface area contributed by atoms with E-state index in [9.17, 15) is 19.5 Å². The Kier molecular flexibility index (Phi) is 8.45. The Hall–Kier alpha value is -2.61. The monoisotopic (exact) mass is 405 g/mol. The van der Waals surface area contributed by atoms with Gasteiger partial charge in [0, 0.05) is 6.04 Å². The molecule has 160 valence electrons. The Morgan fingerprint density at radius 1 is 1.07 bits per heavy atom. The minimum Gasteiger partial charge on any atom is -0.465 e. The molecular formula is C21H31N3O5. The van der Waals surface area contributed by atoms with Gasteiger partial charge in [0.1, 0.15) is 6.04 Å². The van der Waals surface area contributed by atoms with Gasteiger partial charge in [0.05, 0.1) is 6.04 Å². The molecule has 1 aromatic carbocycles. The van der Waals surface area contributed by atoms with Crippen LogP contribution in [0, 0.1) is 5.92 Å². The van der Waals surface area contributed by atoms with Gasteiger partial charge in [-0.05, 0) is 43.6 Å². The predicted octanol–water partition coefficient (Wildman–Crippen LogP) is 1.43. The van der Waals surface area contributed by atoms with Crippen molar-refractivity contribution in [2.45, 2.75) is 70.2 Å². The molecule has 5 N–H and O–H groups in total. The lowest BCUT2D eigenvalue weighted by atomic mass is 9.98. The number of aryl methyl sites for hydroxylation is 1. The van der Waals surface area contributed by atoms with Gasteiger partial charge in [-0.3, -0.25) is 9.59 Å². The van der Waals surface area contributed by atoms with Crippen LogP contribution in [-0.4, -0.2) is 52.4 Å². The first-order chi connectivity index (χ1) is 13.8. The molecule has 0 heterocycles. The van der Waals surface area contributed by atoms with Crippen LogP contribution >= 0.6 is 0 Å². The van der Waals surface area contributed by atoms with Gasteiger partial charge in [-0.2, -0.15) is 0 Å². The lowest BCUT2D eigenvalue weighted by molar-refractivity contribution is -0.133. The zero-order valence-electron chi connectivity index (χ0n) is 16.9. The Labute approximate surface area is 171 Å². The molecule has 2 rings (SSSR count). The predicted molar refractivity (Wildman–Crippen MR) is 108 cm³/mol. The van der Waals surface area contributed by atoms with Crippen molar-refractivity contribution in [3.63, 3.8) is 0 Å². The maximum atomic E-state index is 12.7. The van der Waals surface area contributed by atoms with Crippen molar-refractivity contribution in [3.05, 3.63) is 35.9 Å². The van der Waals surface area contributed by atoms with Gasteiger partial charge in [-0.15, -0.1) is 0 Å². The lowest BCUT2D eigenvalue weighted by Crippen LogP contribution is -2.56. The summed E-state index contributed by atoms with van der Waals surface area (Å²) in [5, 5.41) is 27.3. The van der Waals surface area contributed by atoms with E-state index in [4.69, 9.17) is 5.11 Å². The third-order valence-electron chi connectivity index (χ3n) is 4.81. The number of carboxylic acid groups (broad SMARTS) is 1. The molecule has 3 amide bonds. The number of carbonyl (C=O) groups is 3. The minimum atomic E-state index is -1.41. The Morgan fingerprint density at radius 3 is 2.28 bits per heavy atom. The molecule has 0 bridgehead atoms. The fourth-order valence-electron chi connectivity index (χ4n) is 3.11. The van der Waals surface area contributed by atoms with Crippen molar-refractivity contribution in [2.75, 3.05) is 0 Å². The Balaban J connectivity index is 2.07. The maximum Gasteiger partial charge on any atom is 0.405 e. The molecule has 8 nitrogen and oxygen atoms in total. The molecule has 29 heavy (non-hydrogen) atoms. The molecule has 1 aliphatic carbocycles. The van der Waals surface area contributed by atoms with E-state index >= 15 is 0 Å². The smallest absolute Gasteiger partial charge is 0.405 e. The molecule has 3 atom stereocenters. The topological polar surface area (TPSA) is 128 Å². The summed E-state index contributed by atoms with van der Waals surface area (Å²) >= 11 is 0. The molecule has 0 radical (unpaired) electrons. The van der Waals surface area contributed by atoms with Gasteiger partial charge in [-0.25, -0.2) is 4.79 Å². The summed E-state index contributed by atoms with van der Waals surface area (Å²) in [5.74, 6) is -0.974. The molecule has 1 saturated carbocycles. The van der Waals surface area contributed by atoms with Crippen LogP contribution in [0.4, 0.5) is 4.79 Å². The summed E-state index contributed by atoms with van der Waals surface area (Å²) in [6.07, 6.45) is 0.286. The van der Waals surface area contributed by atoms with Crippen molar-refractivity contribution in [3.8, 4) is 0 Å². The summed E-state index contributed by atoms with van der Waals surface area (Å²) in [6, 6.07) is 7.87. The second-order valence-electron chi connectivity index (χ2n) is 8.00. The van der Waals surface area contributed by atoms with E-state index < -0.39 is 36.1 Å². The van der Waals surface area contributed by atoms with E-state index in [1.165, 1.54) is 0 Å². The summed E-state index contributed by atoms with van der Waals surface area (Å²) in [7, 11) is 0. The zero-order chi connectivity index (χ0) is 21.4. The third kappa shape index (κ3) is 8.11. The number of aliphatic hydroxyl groups excluding tert-OH is 1. The number of hydrogen-bond acceptors (Lipinski definition) is 4. The molecule has 1 fully saturated rings. The molecule has 0 aliphatic heterocycles. The number of amides is 3. The summed E-state index contributed by atoms with van der Waals surface area (Å²) in [5.41, 5.74) is 1.02. The van der Waals surface area contributed by atoms with Gasteiger partial charge in [0.15, 0.2) is 6.10 Å². The highest BCUT2D eigenvalue weighted by molar-refractivity contribution is 5.87. The van der Waals surface area contributed by atoms with Crippen LogP contribution in [0.15, 0.2) is 30.3 Å². The van der Waals surface area contributed by atoms with Gasteiger partial charge >= 0.3 is 6.09 Å². The summed E-state index contributed by atoms with van der Waals surface area (Å²) in [4.78, 5) is 36.1. The maximum absolute atomic E-state index is 12.7. The second-order valence-corrected chi connectivity index (χ2v) is 8.00. The number of nitrogens with one attached hydrogen (secondary N) is 3. The van der Waals surface area contributed by atoms with Gasteiger partial charge < -0.3 is 26.2 Å². The summed E-state index contributed by atoms with van der Waals surface area (Å²) < 4.78 is 0. The van der Waals surface area contributed by atoms with Crippen LogP contribution in [0.5, 0.6) is 0 Å². The van der Waals surface area contributed by atoms with Crippen molar-refractivity contribution in [2.24, 2.45) is 5.92 Å². The molecule has 1 unspecified atom stereocenters. The van der Waals surface area contributed by atoms with Crippen molar-refractivity contribution in [1.82, 2.24) is 16.0 Å². The SMILES string of the molecule is CC(C)C[C@H](NC(=O)O)C(=O)N[C@@H](CCc1ccccc1)C(O)C(=O)NC1CC1. The van der Waals surface area contributed by atoms with E-state index in [1.54, 1.807) is 0 Å². The lowest BCUT2D eigenvalue weighted by Gasteiger charge is -2.27. The third-order valence-corrected chi connectivity index (χ3v) is 4.81. The molecule has 0 saturated heterocycles. The van der Waals surface area contributed by atoms with Crippen molar-refractivity contribution in [1.29, 1.82) is 0 Å². The minimum absolute atomic E-state index is 0.0865. The molecule has 1 aliphatic rings. The van der Waals surface area contributed by atoms with Crippen molar-refractivity contribution >= 4 is 17.9 Å². The number of carbonyl (C=O) groups excluding carboxylic acids is 2. The fourth-order valence-corrected chi connectivity index (χ4v) is 3.11. The molecular weight excluding hydrogens is 374 g/mol. The number of hydrogen-bond donors (Lipinski definition) is 5. The van der Waals surface area contributed by atoms with Crippen LogP contribution in [0.25, 0.3) is 0 Å².